The van der Waals surface area contributed by atoms with Crippen LogP contribution in [0.4, 0.5) is 17.1 Å². The SMILES string of the molecule is c1ccc(-c2ccc(-c3ccccc3)c3c2sc2c(N(c4ccc(-c5cccc6ccccc56)cc4)c4ccc5c(c4)oc4c6ccccc6ccc54)cccc23)cc1. The summed E-state index contributed by atoms with van der Waals surface area (Å²) in [5, 5.41) is 9.56. The van der Waals surface area contributed by atoms with Gasteiger partial charge in [0.1, 0.15) is 11.2 Å². The molecule has 0 N–H and O–H groups in total. The van der Waals surface area contributed by atoms with Gasteiger partial charge in [0.25, 0.3) is 0 Å². The van der Waals surface area contributed by atoms with Crippen molar-refractivity contribution in [3.63, 3.8) is 0 Å². The largest absolute Gasteiger partial charge is 0.455 e. The number of thiophene rings is 1. The van der Waals surface area contributed by atoms with Crippen LogP contribution < -0.4 is 4.90 Å². The van der Waals surface area contributed by atoms with E-state index in [2.05, 4.69) is 217 Å². The molecule has 0 bridgehead atoms. The predicted molar refractivity (Wildman–Crippen MR) is 253 cm³/mol. The monoisotopic (exact) mass is 769 g/mol. The van der Waals surface area contributed by atoms with Gasteiger partial charge in [0.15, 0.2) is 0 Å². The number of hydrogen-bond acceptors (Lipinski definition) is 3. The Labute approximate surface area is 345 Å². The number of anilines is 3. The van der Waals surface area contributed by atoms with E-state index in [0.717, 1.165) is 44.4 Å². The summed E-state index contributed by atoms with van der Waals surface area (Å²) in [4.78, 5) is 2.42. The summed E-state index contributed by atoms with van der Waals surface area (Å²) < 4.78 is 9.30. The van der Waals surface area contributed by atoms with Crippen molar-refractivity contribution in [2.24, 2.45) is 0 Å². The highest BCUT2D eigenvalue weighted by Crippen LogP contribution is 2.50. The van der Waals surface area contributed by atoms with Crippen molar-refractivity contribution in [2.45, 2.75) is 0 Å². The van der Waals surface area contributed by atoms with Gasteiger partial charge in [0.2, 0.25) is 0 Å². The summed E-state index contributed by atoms with van der Waals surface area (Å²) in [6.45, 7) is 0. The van der Waals surface area contributed by atoms with E-state index in [4.69, 9.17) is 4.42 Å². The summed E-state index contributed by atoms with van der Waals surface area (Å²) in [6, 6.07) is 76.8. The molecule has 2 nitrogen and oxygen atoms in total. The minimum Gasteiger partial charge on any atom is -0.455 e. The Morgan fingerprint density at radius 2 is 0.949 bits per heavy atom. The summed E-state index contributed by atoms with van der Waals surface area (Å²) >= 11 is 1.88. The molecule has 0 spiro atoms. The molecular formula is C56H35NOS. The van der Waals surface area contributed by atoms with Gasteiger partial charge < -0.3 is 9.32 Å². The van der Waals surface area contributed by atoms with Gasteiger partial charge in [-0.05, 0) is 85.9 Å². The third-order valence-corrected chi connectivity index (χ3v) is 13.1. The van der Waals surface area contributed by atoms with Crippen molar-refractivity contribution < 1.29 is 4.42 Å². The minimum absolute atomic E-state index is 0.868. The average molecular weight is 770 g/mol. The van der Waals surface area contributed by atoms with Gasteiger partial charge in [0.05, 0.1) is 10.4 Å². The van der Waals surface area contributed by atoms with Gasteiger partial charge in [-0.25, -0.2) is 0 Å². The van der Waals surface area contributed by atoms with E-state index in [1.165, 1.54) is 69.7 Å². The van der Waals surface area contributed by atoms with E-state index < -0.39 is 0 Å². The smallest absolute Gasteiger partial charge is 0.143 e. The first kappa shape index (κ1) is 33.7. The molecular weight excluding hydrogens is 735 g/mol. The van der Waals surface area contributed by atoms with Crippen LogP contribution in [0.2, 0.25) is 0 Å². The Hall–Kier alpha value is -7.46. The lowest BCUT2D eigenvalue weighted by Gasteiger charge is -2.26. The Balaban J connectivity index is 1.11. The van der Waals surface area contributed by atoms with Gasteiger partial charge in [-0.3, -0.25) is 0 Å². The van der Waals surface area contributed by atoms with Crippen molar-refractivity contribution in [1.82, 2.24) is 0 Å². The molecule has 0 atom stereocenters. The lowest BCUT2D eigenvalue weighted by Crippen LogP contribution is -2.10. The Morgan fingerprint density at radius 1 is 0.356 bits per heavy atom. The quantitative estimate of drug-likeness (QED) is 0.167. The van der Waals surface area contributed by atoms with E-state index in [1.54, 1.807) is 0 Å². The van der Waals surface area contributed by atoms with Crippen LogP contribution in [-0.2, 0) is 0 Å². The molecule has 0 saturated carbocycles. The molecule has 3 heteroatoms. The number of hydrogen-bond donors (Lipinski definition) is 0. The fraction of sp³-hybridized carbons (Fsp3) is 0. The van der Waals surface area contributed by atoms with Crippen molar-refractivity contribution in [3.05, 3.63) is 212 Å². The second-order valence-corrected chi connectivity index (χ2v) is 16.2. The minimum atomic E-state index is 0.868. The molecule has 0 unspecified atom stereocenters. The summed E-state index contributed by atoms with van der Waals surface area (Å²) in [7, 11) is 0. The summed E-state index contributed by atoms with van der Waals surface area (Å²) in [5.41, 5.74) is 12.4. The molecule has 10 aromatic carbocycles. The molecule has 12 aromatic rings. The molecule has 0 aliphatic heterocycles. The number of nitrogens with zero attached hydrogens (tertiary/aromatic N) is 1. The number of furan rings is 1. The predicted octanol–water partition coefficient (Wildman–Crippen LogP) is 16.7. The van der Waals surface area contributed by atoms with Gasteiger partial charge in [-0.1, -0.05) is 170 Å². The number of benzene rings is 10. The molecule has 0 amide bonds. The van der Waals surface area contributed by atoms with E-state index in [0.29, 0.717) is 0 Å². The molecule has 276 valence electrons. The van der Waals surface area contributed by atoms with Crippen LogP contribution in [0.1, 0.15) is 0 Å². The maximum absolute atomic E-state index is 6.79. The maximum atomic E-state index is 6.79. The summed E-state index contributed by atoms with van der Waals surface area (Å²) in [6.07, 6.45) is 0. The highest BCUT2D eigenvalue weighted by Gasteiger charge is 2.23. The third-order valence-electron chi connectivity index (χ3n) is 11.9. The van der Waals surface area contributed by atoms with Crippen LogP contribution in [0.15, 0.2) is 217 Å². The zero-order valence-corrected chi connectivity index (χ0v) is 32.8. The normalized spacial score (nSPS) is 11.7. The first-order valence-electron chi connectivity index (χ1n) is 20.1. The third kappa shape index (κ3) is 5.47. The molecule has 59 heavy (non-hydrogen) atoms. The first-order valence-corrected chi connectivity index (χ1v) is 20.9. The molecule has 0 fully saturated rings. The number of fused-ring (bicyclic) bond motifs is 9. The number of rotatable bonds is 6. The van der Waals surface area contributed by atoms with E-state index in [-0.39, 0.29) is 0 Å². The van der Waals surface area contributed by atoms with Crippen LogP contribution in [-0.4, -0.2) is 0 Å². The van der Waals surface area contributed by atoms with Crippen LogP contribution >= 0.6 is 11.3 Å². The molecule has 2 aromatic heterocycles. The molecule has 2 heterocycles. The van der Waals surface area contributed by atoms with E-state index in [9.17, 15) is 0 Å². The van der Waals surface area contributed by atoms with E-state index in [1.807, 2.05) is 11.3 Å². The van der Waals surface area contributed by atoms with Gasteiger partial charge in [0, 0.05) is 49.1 Å². The fourth-order valence-corrected chi connectivity index (χ4v) is 10.5. The Bertz CT molecular complexity index is 3540. The van der Waals surface area contributed by atoms with Crippen molar-refractivity contribution in [2.75, 3.05) is 4.90 Å². The Morgan fingerprint density at radius 3 is 1.75 bits per heavy atom. The average Bonchev–Trinajstić information content (AvgIpc) is 3.89. The molecule has 0 aliphatic carbocycles. The van der Waals surface area contributed by atoms with Crippen molar-refractivity contribution >= 4 is 92.1 Å². The lowest BCUT2D eigenvalue weighted by molar-refractivity contribution is 0.672. The van der Waals surface area contributed by atoms with Crippen LogP contribution in [0, 0.1) is 0 Å². The van der Waals surface area contributed by atoms with Crippen LogP contribution in [0.5, 0.6) is 0 Å². The highest BCUT2D eigenvalue weighted by atomic mass is 32.1. The van der Waals surface area contributed by atoms with Gasteiger partial charge >= 0.3 is 0 Å². The van der Waals surface area contributed by atoms with Crippen LogP contribution in [0.3, 0.4) is 0 Å². The second-order valence-electron chi connectivity index (χ2n) is 15.2. The summed E-state index contributed by atoms with van der Waals surface area (Å²) in [5.74, 6) is 0. The standard InChI is InChI=1S/C56H35NOS/c1-3-13-37(14-4-1)45-33-34-47(38-15-5-2-6-16-38)56-53(45)50-23-12-24-51(55(50)59-56)57(41-28-25-40(26-29-41)44-22-11-19-36-17-7-9-20-43(36)44)42-30-32-48-49-31-27-39-18-8-10-21-46(39)54(49)58-52(48)35-42/h1-35H. The molecule has 12 rings (SSSR count). The van der Waals surface area contributed by atoms with Crippen molar-refractivity contribution in [1.29, 1.82) is 0 Å². The Kier molecular flexibility index (Phi) is 7.75. The second kappa shape index (κ2) is 13.6. The zero-order chi connectivity index (χ0) is 38.9. The van der Waals surface area contributed by atoms with Crippen LogP contribution in [0.25, 0.3) is 97.0 Å². The molecule has 0 radical (unpaired) electrons. The fourth-order valence-electron chi connectivity index (χ4n) is 9.09. The van der Waals surface area contributed by atoms with E-state index >= 15 is 0 Å². The molecule has 0 saturated heterocycles. The van der Waals surface area contributed by atoms with Gasteiger partial charge in [-0.2, -0.15) is 0 Å². The molecule has 0 aliphatic rings. The lowest BCUT2D eigenvalue weighted by atomic mass is 9.95. The highest BCUT2D eigenvalue weighted by molar-refractivity contribution is 7.27. The first-order chi connectivity index (χ1) is 29.3. The zero-order valence-electron chi connectivity index (χ0n) is 32.0. The van der Waals surface area contributed by atoms with Gasteiger partial charge in [-0.15, -0.1) is 11.3 Å². The van der Waals surface area contributed by atoms with Crippen molar-refractivity contribution in [3.8, 4) is 33.4 Å². The topological polar surface area (TPSA) is 16.4 Å². The maximum Gasteiger partial charge on any atom is 0.143 e.